The zero-order valence-corrected chi connectivity index (χ0v) is 15.1. The molecule has 0 unspecified atom stereocenters. The number of hydrogen-bond donors (Lipinski definition) is 0. The summed E-state index contributed by atoms with van der Waals surface area (Å²) in [6.07, 6.45) is 5.26. The number of nitrogens with zero attached hydrogens (tertiary/aromatic N) is 2. The molecule has 0 radical (unpaired) electrons. The van der Waals surface area contributed by atoms with Crippen LogP contribution >= 0.6 is 23.1 Å². The second kappa shape index (κ2) is 6.61. The Morgan fingerprint density at radius 2 is 2.17 bits per heavy atom. The van der Waals surface area contributed by atoms with Crippen LogP contribution in [0.5, 0.6) is 0 Å². The molecule has 0 aromatic carbocycles. The molecule has 2 aromatic heterocycles. The number of hydrogen-bond acceptors (Lipinski definition) is 5. The zero-order valence-electron chi connectivity index (χ0n) is 13.4. The highest BCUT2D eigenvalue weighted by atomic mass is 32.2. The normalized spacial score (nSPS) is 18.5. The summed E-state index contributed by atoms with van der Waals surface area (Å²) < 4.78 is 1.65. The number of ketones is 1. The number of carbonyl (C=O) groups excluding carboxylic acids is 1. The van der Waals surface area contributed by atoms with Crippen LogP contribution in [0.25, 0.3) is 10.2 Å². The zero-order chi connectivity index (χ0) is 16.6. The number of thioether (sulfide) groups is 1. The number of aryl methyl sites for hydroxylation is 2. The summed E-state index contributed by atoms with van der Waals surface area (Å²) in [4.78, 5) is 31.6. The van der Waals surface area contributed by atoms with Crippen molar-refractivity contribution in [2.75, 3.05) is 0 Å². The van der Waals surface area contributed by atoms with Gasteiger partial charge in [-0.3, -0.25) is 14.2 Å². The summed E-state index contributed by atoms with van der Waals surface area (Å²) >= 11 is 2.99. The lowest BCUT2D eigenvalue weighted by Crippen LogP contribution is -2.26. The largest absolute Gasteiger partial charge is 0.298 e. The number of carbonyl (C=O) groups is 1. The molecule has 0 amide bonds. The minimum absolute atomic E-state index is 0.0255. The number of aromatic nitrogens is 2. The fourth-order valence-electron chi connectivity index (χ4n) is 2.89. The van der Waals surface area contributed by atoms with Crippen LogP contribution in [0.2, 0.25) is 0 Å². The maximum absolute atomic E-state index is 12.9. The quantitative estimate of drug-likeness (QED) is 0.622. The third-order valence-electron chi connectivity index (χ3n) is 4.31. The maximum Gasteiger partial charge on any atom is 0.263 e. The van der Waals surface area contributed by atoms with E-state index in [1.165, 1.54) is 11.8 Å². The summed E-state index contributed by atoms with van der Waals surface area (Å²) in [6, 6.07) is 0. The van der Waals surface area contributed by atoms with Crippen molar-refractivity contribution in [3.05, 3.63) is 33.4 Å². The molecule has 122 valence electrons. The summed E-state index contributed by atoms with van der Waals surface area (Å²) in [7, 11) is 0. The smallest absolute Gasteiger partial charge is 0.263 e. The van der Waals surface area contributed by atoms with Crippen molar-refractivity contribution in [3.63, 3.8) is 0 Å². The molecular weight excluding hydrogens is 328 g/mol. The van der Waals surface area contributed by atoms with E-state index < -0.39 is 0 Å². The number of allylic oxidation sites excluding steroid dienone is 1. The lowest BCUT2D eigenvalue weighted by Gasteiger charge is -2.20. The number of thiophene rings is 1. The van der Waals surface area contributed by atoms with Crippen LogP contribution in [0.1, 0.15) is 36.1 Å². The van der Waals surface area contributed by atoms with Crippen molar-refractivity contribution in [2.45, 2.75) is 56.5 Å². The Hall–Kier alpha value is -1.40. The van der Waals surface area contributed by atoms with Crippen LogP contribution in [-0.2, 0) is 11.3 Å². The van der Waals surface area contributed by atoms with Crippen molar-refractivity contribution in [1.29, 1.82) is 0 Å². The van der Waals surface area contributed by atoms with E-state index in [1.807, 2.05) is 13.8 Å². The van der Waals surface area contributed by atoms with E-state index in [0.717, 1.165) is 34.5 Å². The molecule has 0 bridgehead atoms. The van der Waals surface area contributed by atoms with Crippen LogP contribution in [0.15, 0.2) is 22.6 Å². The molecule has 1 fully saturated rings. The van der Waals surface area contributed by atoms with E-state index in [4.69, 9.17) is 4.98 Å². The van der Waals surface area contributed by atoms with Gasteiger partial charge in [0, 0.05) is 17.8 Å². The predicted octanol–water partition coefficient (Wildman–Crippen LogP) is 3.86. The third kappa shape index (κ3) is 3.02. The van der Waals surface area contributed by atoms with Crippen LogP contribution < -0.4 is 5.56 Å². The Morgan fingerprint density at radius 1 is 1.39 bits per heavy atom. The van der Waals surface area contributed by atoms with Crippen molar-refractivity contribution >= 4 is 39.1 Å². The maximum atomic E-state index is 12.9. The molecule has 0 N–H and O–H groups in total. The van der Waals surface area contributed by atoms with Gasteiger partial charge in [-0.2, -0.15) is 0 Å². The molecule has 1 aliphatic carbocycles. The van der Waals surface area contributed by atoms with Gasteiger partial charge in [0.2, 0.25) is 0 Å². The van der Waals surface area contributed by atoms with Gasteiger partial charge >= 0.3 is 0 Å². The Kier molecular flexibility index (Phi) is 4.73. The van der Waals surface area contributed by atoms with Crippen molar-refractivity contribution in [1.82, 2.24) is 9.55 Å². The van der Waals surface area contributed by atoms with Crippen molar-refractivity contribution < 1.29 is 4.79 Å². The minimum Gasteiger partial charge on any atom is -0.298 e. The molecular formula is C17H20N2O2S2. The fourth-order valence-corrected chi connectivity index (χ4v) is 5.19. The average Bonchev–Trinajstić information content (AvgIpc) is 2.80. The topological polar surface area (TPSA) is 52.0 Å². The van der Waals surface area contributed by atoms with E-state index in [9.17, 15) is 9.59 Å². The second-order valence-electron chi connectivity index (χ2n) is 5.88. The van der Waals surface area contributed by atoms with E-state index in [0.29, 0.717) is 23.5 Å². The molecule has 6 heteroatoms. The molecule has 1 aliphatic rings. The Labute approximate surface area is 143 Å². The molecule has 3 rings (SSSR count). The predicted molar refractivity (Wildman–Crippen MR) is 96.7 cm³/mol. The SMILES string of the molecule is C=CCn1c(S[C@@H]2CCCCC2=O)nc2sc(C)c(C)c2c1=O. The standard InChI is InChI=1S/C17H20N2O2S2/c1-4-9-19-16(21)14-10(2)11(3)22-15(14)18-17(19)23-13-8-6-5-7-12(13)20/h4,13H,1,5-9H2,2-3H3/t13-/m1/s1. The fraction of sp³-hybridized carbons (Fsp3) is 0.471. The Bertz CT molecular complexity index is 835. The minimum atomic E-state index is -0.0775. The molecule has 0 aliphatic heterocycles. The van der Waals surface area contributed by atoms with E-state index >= 15 is 0 Å². The summed E-state index contributed by atoms with van der Waals surface area (Å²) in [5.74, 6) is 0.277. The summed E-state index contributed by atoms with van der Waals surface area (Å²) in [5, 5.41) is 1.27. The Balaban J connectivity index is 2.11. The van der Waals surface area contributed by atoms with Gasteiger partial charge in [0.05, 0.1) is 10.6 Å². The van der Waals surface area contributed by atoms with Gasteiger partial charge in [0.25, 0.3) is 5.56 Å². The average molecular weight is 348 g/mol. The van der Waals surface area contributed by atoms with Crippen LogP contribution in [-0.4, -0.2) is 20.6 Å². The third-order valence-corrected chi connectivity index (χ3v) is 6.72. The van der Waals surface area contributed by atoms with Gasteiger partial charge in [-0.25, -0.2) is 4.98 Å². The van der Waals surface area contributed by atoms with Gasteiger partial charge in [-0.1, -0.05) is 24.3 Å². The van der Waals surface area contributed by atoms with Gasteiger partial charge in [0.15, 0.2) is 5.16 Å². The second-order valence-corrected chi connectivity index (χ2v) is 8.25. The molecule has 23 heavy (non-hydrogen) atoms. The highest BCUT2D eigenvalue weighted by Crippen LogP contribution is 2.33. The first-order valence-corrected chi connectivity index (χ1v) is 9.53. The van der Waals surface area contributed by atoms with Gasteiger partial charge in [0.1, 0.15) is 10.6 Å². The number of Topliss-reactive ketones (excluding diaryl/α,β-unsaturated/α-hetero) is 1. The highest BCUT2D eigenvalue weighted by Gasteiger charge is 2.26. The van der Waals surface area contributed by atoms with Gasteiger partial charge in [-0.05, 0) is 32.3 Å². The van der Waals surface area contributed by atoms with Crippen molar-refractivity contribution in [3.8, 4) is 0 Å². The number of fused-ring (bicyclic) bond motifs is 1. The molecule has 0 spiro atoms. The van der Waals surface area contributed by atoms with E-state index in [1.54, 1.807) is 22.0 Å². The molecule has 2 heterocycles. The summed E-state index contributed by atoms with van der Waals surface area (Å²) in [6.45, 7) is 8.14. The lowest BCUT2D eigenvalue weighted by atomic mass is 9.99. The summed E-state index contributed by atoms with van der Waals surface area (Å²) in [5.41, 5.74) is 0.980. The highest BCUT2D eigenvalue weighted by molar-refractivity contribution is 8.00. The molecule has 1 atom stereocenters. The van der Waals surface area contributed by atoms with Crippen molar-refractivity contribution in [2.24, 2.45) is 0 Å². The molecule has 1 saturated carbocycles. The van der Waals surface area contributed by atoms with Crippen LogP contribution in [0.3, 0.4) is 0 Å². The van der Waals surface area contributed by atoms with Crippen LogP contribution in [0.4, 0.5) is 0 Å². The van der Waals surface area contributed by atoms with Crippen LogP contribution in [0, 0.1) is 13.8 Å². The lowest BCUT2D eigenvalue weighted by molar-refractivity contribution is -0.119. The number of rotatable bonds is 4. The van der Waals surface area contributed by atoms with Gasteiger partial charge < -0.3 is 0 Å². The van der Waals surface area contributed by atoms with E-state index in [2.05, 4.69) is 6.58 Å². The first-order chi connectivity index (χ1) is 11.0. The van der Waals surface area contributed by atoms with E-state index in [-0.39, 0.29) is 16.6 Å². The molecule has 4 nitrogen and oxygen atoms in total. The molecule has 2 aromatic rings. The molecule has 0 saturated heterocycles. The van der Waals surface area contributed by atoms with Gasteiger partial charge in [-0.15, -0.1) is 17.9 Å². The Morgan fingerprint density at radius 3 is 2.87 bits per heavy atom. The first-order valence-electron chi connectivity index (χ1n) is 7.83. The monoisotopic (exact) mass is 348 g/mol. The first kappa shape index (κ1) is 16.5.